The van der Waals surface area contributed by atoms with Gasteiger partial charge in [-0.3, -0.25) is 0 Å². The van der Waals surface area contributed by atoms with Crippen molar-refractivity contribution in [1.29, 1.82) is 0 Å². The third kappa shape index (κ3) is 5.79. The average Bonchev–Trinajstić information content (AvgIpc) is 2.29. The van der Waals surface area contributed by atoms with E-state index in [9.17, 15) is 8.42 Å². The molecule has 0 spiro atoms. The lowest BCUT2D eigenvalue weighted by atomic mass is 9.94. The van der Waals surface area contributed by atoms with E-state index in [0.29, 0.717) is 6.54 Å². The van der Waals surface area contributed by atoms with Gasteiger partial charge < -0.3 is 10.2 Å². The van der Waals surface area contributed by atoms with Crippen LogP contribution in [0.2, 0.25) is 0 Å². The molecule has 1 heterocycles. The second-order valence-corrected chi connectivity index (χ2v) is 9.58. The van der Waals surface area contributed by atoms with Crippen LogP contribution in [-0.4, -0.2) is 57.0 Å². The van der Waals surface area contributed by atoms with E-state index in [1.54, 1.807) is 20.8 Å². The van der Waals surface area contributed by atoms with Crippen molar-refractivity contribution in [2.24, 2.45) is 5.92 Å². The zero-order valence-corrected chi connectivity index (χ0v) is 13.7. The van der Waals surface area contributed by atoms with Gasteiger partial charge in [0.25, 0.3) is 0 Å². The van der Waals surface area contributed by atoms with Crippen LogP contribution in [0.15, 0.2) is 0 Å². The molecule has 114 valence electrons. The van der Waals surface area contributed by atoms with Crippen LogP contribution in [0.1, 0.15) is 40.0 Å². The highest BCUT2D eigenvalue weighted by Gasteiger charge is 2.28. The minimum Gasteiger partial charge on any atom is -0.316 e. The molecule has 1 fully saturated rings. The molecule has 19 heavy (non-hydrogen) atoms. The molecular formula is C14H30N2O2S. The Morgan fingerprint density at radius 1 is 1.16 bits per heavy atom. The normalized spacial score (nSPS) is 19.8. The Kier molecular flexibility index (Phi) is 6.27. The highest BCUT2D eigenvalue weighted by molar-refractivity contribution is 7.92. The second kappa shape index (κ2) is 7.04. The van der Waals surface area contributed by atoms with E-state index in [1.807, 2.05) is 0 Å². The second-order valence-electron chi connectivity index (χ2n) is 6.72. The first kappa shape index (κ1) is 16.9. The van der Waals surface area contributed by atoms with Crippen LogP contribution in [0.4, 0.5) is 0 Å². The van der Waals surface area contributed by atoms with Gasteiger partial charge in [-0.25, -0.2) is 8.42 Å². The highest BCUT2D eigenvalue weighted by atomic mass is 32.2. The Balaban J connectivity index is 2.12. The number of nitrogens with zero attached hydrogens (tertiary/aromatic N) is 1. The standard InChI is InChI=1S/C14H30N2O2S/c1-14(2,3)19(17,18)12-9-15-8-5-13-6-10-16(4)11-7-13/h13,15H,5-12H2,1-4H3. The summed E-state index contributed by atoms with van der Waals surface area (Å²) in [6.45, 7) is 9.20. The first-order valence-corrected chi connectivity index (χ1v) is 8.99. The van der Waals surface area contributed by atoms with E-state index in [2.05, 4.69) is 17.3 Å². The van der Waals surface area contributed by atoms with Gasteiger partial charge in [0.1, 0.15) is 0 Å². The smallest absolute Gasteiger partial charge is 0.156 e. The Hall–Kier alpha value is -0.130. The van der Waals surface area contributed by atoms with Gasteiger partial charge in [0.05, 0.1) is 10.5 Å². The summed E-state index contributed by atoms with van der Waals surface area (Å²) in [4.78, 5) is 2.37. The lowest BCUT2D eigenvalue weighted by molar-refractivity contribution is 0.212. The van der Waals surface area contributed by atoms with Gasteiger partial charge in [-0.2, -0.15) is 0 Å². The molecule has 4 nitrogen and oxygen atoms in total. The maximum Gasteiger partial charge on any atom is 0.156 e. The quantitative estimate of drug-likeness (QED) is 0.754. The van der Waals surface area contributed by atoms with E-state index < -0.39 is 14.6 Å². The Bertz CT molecular complexity index is 352. The molecule has 1 saturated heterocycles. The summed E-state index contributed by atoms with van der Waals surface area (Å²) in [7, 11) is -0.807. The zero-order chi connectivity index (χ0) is 14.5. The molecular weight excluding hydrogens is 260 g/mol. The number of piperidine rings is 1. The Labute approximate surface area is 118 Å². The van der Waals surface area contributed by atoms with E-state index in [1.165, 1.54) is 32.4 Å². The minimum atomic E-state index is -2.98. The van der Waals surface area contributed by atoms with Crippen LogP contribution in [0.25, 0.3) is 0 Å². The van der Waals surface area contributed by atoms with Crippen molar-refractivity contribution in [3.8, 4) is 0 Å². The molecule has 0 bridgehead atoms. The van der Waals surface area contributed by atoms with Crippen LogP contribution in [-0.2, 0) is 9.84 Å². The fourth-order valence-electron chi connectivity index (χ4n) is 2.29. The van der Waals surface area contributed by atoms with Crippen molar-refractivity contribution in [3.05, 3.63) is 0 Å². The molecule has 0 aromatic heterocycles. The van der Waals surface area contributed by atoms with Crippen LogP contribution in [0.5, 0.6) is 0 Å². The summed E-state index contributed by atoms with van der Waals surface area (Å²) >= 11 is 0. The van der Waals surface area contributed by atoms with Gasteiger partial charge in [0.2, 0.25) is 0 Å². The monoisotopic (exact) mass is 290 g/mol. The van der Waals surface area contributed by atoms with Gasteiger partial charge >= 0.3 is 0 Å². The average molecular weight is 290 g/mol. The van der Waals surface area contributed by atoms with Crippen molar-refractivity contribution >= 4 is 9.84 Å². The lowest BCUT2D eigenvalue weighted by Gasteiger charge is -2.29. The number of nitrogens with one attached hydrogen (secondary N) is 1. The molecule has 0 saturated carbocycles. The zero-order valence-electron chi connectivity index (χ0n) is 12.9. The molecule has 0 amide bonds. The van der Waals surface area contributed by atoms with Crippen LogP contribution >= 0.6 is 0 Å². The van der Waals surface area contributed by atoms with Gasteiger partial charge in [-0.05, 0) is 72.6 Å². The van der Waals surface area contributed by atoms with Gasteiger partial charge in [-0.1, -0.05) is 0 Å². The molecule has 0 atom stereocenters. The summed E-state index contributed by atoms with van der Waals surface area (Å²) in [6, 6.07) is 0. The molecule has 0 aliphatic carbocycles. The van der Waals surface area contributed by atoms with Crippen molar-refractivity contribution in [2.75, 3.05) is 39.0 Å². The number of hydrogen-bond acceptors (Lipinski definition) is 4. The SMILES string of the molecule is CN1CCC(CCNCCS(=O)(=O)C(C)(C)C)CC1. The van der Waals surface area contributed by atoms with Crippen LogP contribution in [0.3, 0.4) is 0 Å². The number of likely N-dealkylation sites (tertiary alicyclic amines) is 1. The molecule has 0 radical (unpaired) electrons. The molecule has 0 aromatic rings. The predicted molar refractivity (Wildman–Crippen MR) is 81.2 cm³/mol. The van der Waals surface area contributed by atoms with E-state index in [-0.39, 0.29) is 5.75 Å². The maximum absolute atomic E-state index is 11.9. The minimum absolute atomic E-state index is 0.240. The van der Waals surface area contributed by atoms with Gasteiger partial charge in [-0.15, -0.1) is 0 Å². The topological polar surface area (TPSA) is 49.4 Å². The first-order valence-electron chi connectivity index (χ1n) is 7.34. The Morgan fingerprint density at radius 2 is 1.74 bits per heavy atom. The molecule has 1 aliphatic heterocycles. The van der Waals surface area contributed by atoms with E-state index in [0.717, 1.165) is 12.5 Å². The number of hydrogen-bond donors (Lipinski definition) is 1. The van der Waals surface area contributed by atoms with Crippen molar-refractivity contribution in [1.82, 2.24) is 10.2 Å². The maximum atomic E-state index is 11.9. The van der Waals surface area contributed by atoms with E-state index >= 15 is 0 Å². The predicted octanol–water partition coefficient (Wildman–Crippen LogP) is 1.52. The fourth-order valence-corrected chi connectivity index (χ4v) is 3.32. The summed E-state index contributed by atoms with van der Waals surface area (Å²) < 4.78 is 23.2. The Morgan fingerprint density at radius 3 is 2.26 bits per heavy atom. The largest absolute Gasteiger partial charge is 0.316 e. The fraction of sp³-hybridized carbons (Fsp3) is 1.00. The summed E-state index contributed by atoms with van der Waals surface area (Å²) in [6.07, 6.45) is 3.72. The number of sulfone groups is 1. The van der Waals surface area contributed by atoms with Crippen molar-refractivity contribution < 1.29 is 8.42 Å². The molecule has 1 N–H and O–H groups in total. The first-order chi connectivity index (χ1) is 8.72. The molecule has 5 heteroatoms. The van der Waals surface area contributed by atoms with Crippen LogP contribution < -0.4 is 5.32 Å². The van der Waals surface area contributed by atoms with Gasteiger partial charge in [0.15, 0.2) is 9.84 Å². The van der Waals surface area contributed by atoms with E-state index in [4.69, 9.17) is 0 Å². The van der Waals surface area contributed by atoms with Gasteiger partial charge in [0, 0.05) is 6.54 Å². The summed E-state index contributed by atoms with van der Waals surface area (Å²) in [5.41, 5.74) is 0. The lowest BCUT2D eigenvalue weighted by Crippen LogP contribution is -2.35. The third-order valence-corrected chi connectivity index (χ3v) is 6.66. The molecule has 1 rings (SSSR count). The molecule has 1 aliphatic rings. The van der Waals surface area contributed by atoms with Crippen molar-refractivity contribution in [2.45, 2.75) is 44.8 Å². The summed E-state index contributed by atoms with van der Waals surface area (Å²) in [5.74, 6) is 1.05. The number of rotatable bonds is 6. The third-order valence-electron chi connectivity index (χ3n) is 4.05. The molecule has 0 unspecified atom stereocenters. The molecule has 0 aromatic carbocycles. The highest BCUT2D eigenvalue weighted by Crippen LogP contribution is 2.18. The van der Waals surface area contributed by atoms with Crippen LogP contribution in [0, 0.1) is 5.92 Å². The summed E-state index contributed by atoms with van der Waals surface area (Å²) in [5, 5.41) is 3.28. The van der Waals surface area contributed by atoms with Crippen molar-refractivity contribution in [3.63, 3.8) is 0 Å².